The van der Waals surface area contributed by atoms with Gasteiger partial charge in [0, 0.05) is 25.4 Å². The number of hydrogen-bond donors (Lipinski definition) is 1. The topological polar surface area (TPSA) is 59.4 Å². The number of ether oxygens (including phenoxy) is 1. The van der Waals surface area contributed by atoms with Crippen LogP contribution in [0.4, 0.5) is 25.0 Å². The standard InChI is InChI=1S/C20H18F2N4O2/c1-25-9-14-10-26(11-16(14)24-25)17-8-7-15(18(21)19(17)22)23-20(27)28-12-13-5-3-2-4-6-13/h2-9H,10-12H2,1H3,(H,23,27). The highest BCUT2D eigenvalue weighted by Gasteiger charge is 2.26. The number of hydrogen-bond acceptors (Lipinski definition) is 4. The summed E-state index contributed by atoms with van der Waals surface area (Å²) in [4.78, 5) is 13.6. The number of rotatable bonds is 4. The number of nitrogens with zero attached hydrogens (tertiary/aromatic N) is 3. The second-order valence-corrected chi connectivity index (χ2v) is 6.58. The van der Waals surface area contributed by atoms with Crippen LogP contribution in [0.25, 0.3) is 0 Å². The summed E-state index contributed by atoms with van der Waals surface area (Å²) in [6, 6.07) is 11.8. The number of benzene rings is 2. The van der Waals surface area contributed by atoms with Gasteiger partial charge in [-0.05, 0) is 17.7 Å². The van der Waals surface area contributed by atoms with E-state index in [9.17, 15) is 13.6 Å². The summed E-state index contributed by atoms with van der Waals surface area (Å²) in [5.41, 5.74) is 2.47. The number of aryl methyl sites for hydroxylation is 1. The summed E-state index contributed by atoms with van der Waals surface area (Å²) in [6.45, 7) is 0.887. The van der Waals surface area contributed by atoms with E-state index in [4.69, 9.17) is 4.74 Å². The Morgan fingerprint density at radius 1 is 1.14 bits per heavy atom. The molecular weight excluding hydrogens is 366 g/mol. The molecule has 0 saturated carbocycles. The smallest absolute Gasteiger partial charge is 0.412 e. The van der Waals surface area contributed by atoms with Crippen LogP contribution in [-0.2, 0) is 31.5 Å². The van der Waals surface area contributed by atoms with Gasteiger partial charge in [-0.25, -0.2) is 13.6 Å². The SMILES string of the molecule is Cn1cc2c(n1)CN(c1ccc(NC(=O)OCc3ccccc3)c(F)c1F)C2. The van der Waals surface area contributed by atoms with E-state index in [1.807, 2.05) is 31.4 Å². The Morgan fingerprint density at radius 2 is 1.93 bits per heavy atom. The molecule has 8 heteroatoms. The van der Waals surface area contributed by atoms with E-state index >= 15 is 0 Å². The maximum absolute atomic E-state index is 14.6. The van der Waals surface area contributed by atoms with Gasteiger partial charge in [-0.15, -0.1) is 0 Å². The predicted molar refractivity (Wildman–Crippen MR) is 99.7 cm³/mol. The predicted octanol–water partition coefficient (Wildman–Crippen LogP) is 3.97. The first-order valence-corrected chi connectivity index (χ1v) is 8.73. The lowest BCUT2D eigenvalue weighted by Gasteiger charge is -2.20. The third kappa shape index (κ3) is 3.53. The van der Waals surface area contributed by atoms with Gasteiger partial charge in [0.05, 0.1) is 23.6 Å². The first-order chi connectivity index (χ1) is 13.5. The Kier molecular flexibility index (Phi) is 4.68. The molecule has 6 nitrogen and oxygen atoms in total. The Labute approximate surface area is 160 Å². The third-order valence-corrected chi connectivity index (χ3v) is 4.55. The second-order valence-electron chi connectivity index (χ2n) is 6.58. The van der Waals surface area contributed by atoms with Crippen LogP contribution < -0.4 is 10.2 Å². The van der Waals surface area contributed by atoms with Gasteiger partial charge in [0.1, 0.15) is 6.61 Å². The summed E-state index contributed by atoms with van der Waals surface area (Å²) in [7, 11) is 1.82. The molecule has 28 heavy (non-hydrogen) atoms. The molecule has 1 aliphatic heterocycles. The highest BCUT2D eigenvalue weighted by Crippen LogP contribution is 2.32. The van der Waals surface area contributed by atoms with Gasteiger partial charge >= 0.3 is 6.09 Å². The first kappa shape index (κ1) is 18.0. The molecule has 2 aromatic carbocycles. The zero-order valence-corrected chi connectivity index (χ0v) is 15.2. The summed E-state index contributed by atoms with van der Waals surface area (Å²) in [5, 5.41) is 6.56. The fourth-order valence-corrected chi connectivity index (χ4v) is 3.21. The fourth-order valence-electron chi connectivity index (χ4n) is 3.21. The highest BCUT2D eigenvalue weighted by atomic mass is 19.2. The zero-order chi connectivity index (χ0) is 19.7. The van der Waals surface area contributed by atoms with E-state index in [1.54, 1.807) is 21.7 Å². The van der Waals surface area contributed by atoms with Crippen molar-refractivity contribution in [3.63, 3.8) is 0 Å². The molecule has 1 aliphatic rings. The molecule has 3 aromatic rings. The van der Waals surface area contributed by atoms with Gasteiger partial charge in [-0.1, -0.05) is 30.3 Å². The van der Waals surface area contributed by atoms with Crippen molar-refractivity contribution >= 4 is 17.5 Å². The van der Waals surface area contributed by atoms with Gasteiger partial charge in [0.15, 0.2) is 11.6 Å². The van der Waals surface area contributed by atoms with Crippen LogP contribution in [0.15, 0.2) is 48.7 Å². The largest absolute Gasteiger partial charge is 0.444 e. The molecular formula is C20H18F2N4O2. The van der Waals surface area contributed by atoms with Crippen molar-refractivity contribution in [2.45, 2.75) is 19.7 Å². The summed E-state index contributed by atoms with van der Waals surface area (Å²) in [6.07, 6.45) is 1.01. The molecule has 0 bridgehead atoms. The van der Waals surface area contributed by atoms with E-state index in [0.29, 0.717) is 13.1 Å². The number of anilines is 2. The minimum Gasteiger partial charge on any atom is -0.444 e. The second kappa shape index (κ2) is 7.30. The quantitative estimate of drug-likeness (QED) is 0.740. The maximum atomic E-state index is 14.6. The summed E-state index contributed by atoms with van der Waals surface area (Å²) in [5.74, 6) is -2.14. The summed E-state index contributed by atoms with van der Waals surface area (Å²) >= 11 is 0. The molecule has 0 spiro atoms. The molecule has 0 atom stereocenters. The van der Waals surface area contributed by atoms with Gasteiger partial charge in [-0.3, -0.25) is 10.00 Å². The van der Waals surface area contributed by atoms with Gasteiger partial charge in [0.2, 0.25) is 0 Å². The molecule has 0 fully saturated rings. The van der Waals surface area contributed by atoms with Crippen molar-refractivity contribution in [1.29, 1.82) is 0 Å². The molecule has 144 valence electrons. The van der Waals surface area contributed by atoms with Crippen molar-refractivity contribution in [1.82, 2.24) is 9.78 Å². The lowest BCUT2D eigenvalue weighted by atomic mass is 10.2. The number of amides is 1. The zero-order valence-electron chi connectivity index (χ0n) is 15.2. The van der Waals surface area contributed by atoms with Crippen molar-refractivity contribution in [3.05, 3.63) is 77.1 Å². The molecule has 0 aliphatic carbocycles. The molecule has 1 N–H and O–H groups in total. The Morgan fingerprint density at radius 3 is 2.68 bits per heavy atom. The van der Waals surface area contributed by atoms with Crippen molar-refractivity contribution in [3.8, 4) is 0 Å². The third-order valence-electron chi connectivity index (χ3n) is 4.55. The number of nitrogens with one attached hydrogen (secondary N) is 1. The van der Waals surface area contributed by atoms with E-state index in [2.05, 4.69) is 10.4 Å². The average molecular weight is 384 g/mol. The molecule has 1 aromatic heterocycles. The molecule has 0 saturated heterocycles. The number of carbonyl (C=O) groups excluding carboxylic acids is 1. The van der Waals surface area contributed by atoms with Crippen molar-refractivity contribution in [2.75, 3.05) is 10.2 Å². The van der Waals surface area contributed by atoms with Crippen molar-refractivity contribution in [2.24, 2.45) is 7.05 Å². The summed E-state index contributed by atoms with van der Waals surface area (Å²) < 4.78 is 35.8. The maximum Gasteiger partial charge on any atom is 0.412 e. The van der Waals surface area contributed by atoms with E-state index in [0.717, 1.165) is 16.8 Å². The first-order valence-electron chi connectivity index (χ1n) is 8.73. The lowest BCUT2D eigenvalue weighted by molar-refractivity contribution is 0.155. The Hall–Kier alpha value is -3.42. The molecule has 0 unspecified atom stereocenters. The Bertz CT molecular complexity index is 997. The number of fused-ring (bicyclic) bond motifs is 1. The monoisotopic (exact) mass is 384 g/mol. The van der Waals surface area contributed by atoms with E-state index in [1.165, 1.54) is 12.1 Å². The van der Waals surface area contributed by atoms with Crippen LogP contribution in [0.2, 0.25) is 0 Å². The van der Waals surface area contributed by atoms with Crippen LogP contribution in [0.5, 0.6) is 0 Å². The minimum absolute atomic E-state index is 0.0360. The van der Waals surface area contributed by atoms with Crippen LogP contribution >= 0.6 is 0 Å². The highest BCUT2D eigenvalue weighted by molar-refractivity contribution is 5.85. The Balaban J connectivity index is 1.43. The van der Waals surface area contributed by atoms with Crippen LogP contribution in [0.1, 0.15) is 16.8 Å². The fraction of sp³-hybridized carbons (Fsp3) is 0.200. The number of halogens is 2. The van der Waals surface area contributed by atoms with Crippen LogP contribution in [-0.4, -0.2) is 15.9 Å². The lowest BCUT2D eigenvalue weighted by Crippen LogP contribution is -2.19. The van der Waals surface area contributed by atoms with E-state index < -0.39 is 17.7 Å². The minimum atomic E-state index is -1.13. The normalized spacial score (nSPS) is 12.8. The molecule has 4 rings (SSSR count). The van der Waals surface area contributed by atoms with Crippen molar-refractivity contribution < 1.29 is 18.3 Å². The number of carbonyl (C=O) groups is 1. The molecule has 0 radical (unpaired) electrons. The van der Waals surface area contributed by atoms with E-state index in [-0.39, 0.29) is 18.0 Å². The molecule has 1 amide bonds. The molecule has 2 heterocycles. The van der Waals surface area contributed by atoms with Gasteiger partial charge < -0.3 is 9.64 Å². The average Bonchev–Trinajstić information content (AvgIpc) is 3.22. The van der Waals surface area contributed by atoms with Gasteiger partial charge in [0.25, 0.3) is 0 Å². The van der Waals surface area contributed by atoms with Crippen LogP contribution in [0, 0.1) is 11.6 Å². The number of aromatic nitrogens is 2. The van der Waals surface area contributed by atoms with Crippen LogP contribution in [0.3, 0.4) is 0 Å². The van der Waals surface area contributed by atoms with Gasteiger partial charge in [-0.2, -0.15) is 5.10 Å².